The summed E-state index contributed by atoms with van der Waals surface area (Å²) in [4.78, 5) is 23.3. The Kier molecular flexibility index (Phi) is 4.46. The van der Waals surface area contributed by atoms with Crippen molar-refractivity contribution in [2.24, 2.45) is 0 Å². The molecule has 23 heavy (non-hydrogen) atoms. The maximum absolute atomic E-state index is 12.2. The summed E-state index contributed by atoms with van der Waals surface area (Å²) in [5.74, 6) is 0.750. The lowest BCUT2D eigenvalue weighted by molar-refractivity contribution is -0.122. The van der Waals surface area contributed by atoms with Gasteiger partial charge in [-0.05, 0) is 30.5 Å². The standard InChI is InChI=1S/C18H20N2O3/c1-2-12-3-5-13(6-4-12)15-8-9-16(23-15)18(22)20-14-7-10-17(21)19-11-14/h3-6,8-9,14H,2,7,10-11H2,1H3,(H,19,21)(H,20,22)/t14-/m1/s1. The molecule has 1 aliphatic rings. The van der Waals surface area contributed by atoms with E-state index in [9.17, 15) is 9.59 Å². The van der Waals surface area contributed by atoms with Crippen molar-refractivity contribution in [3.05, 3.63) is 47.7 Å². The van der Waals surface area contributed by atoms with Crippen LogP contribution in [0.2, 0.25) is 0 Å². The van der Waals surface area contributed by atoms with Crippen molar-refractivity contribution in [1.29, 1.82) is 0 Å². The Labute approximate surface area is 135 Å². The average Bonchev–Trinajstić information content (AvgIpc) is 3.07. The minimum absolute atomic E-state index is 0.0336. The summed E-state index contributed by atoms with van der Waals surface area (Å²) in [5, 5.41) is 5.64. The molecule has 2 aromatic rings. The van der Waals surface area contributed by atoms with E-state index < -0.39 is 0 Å². The second-order valence-electron chi connectivity index (χ2n) is 5.73. The number of benzene rings is 1. The Hall–Kier alpha value is -2.56. The zero-order valence-electron chi connectivity index (χ0n) is 13.1. The van der Waals surface area contributed by atoms with E-state index in [4.69, 9.17) is 4.42 Å². The first-order valence-electron chi connectivity index (χ1n) is 7.92. The van der Waals surface area contributed by atoms with Crippen LogP contribution >= 0.6 is 0 Å². The van der Waals surface area contributed by atoms with Crippen molar-refractivity contribution >= 4 is 11.8 Å². The van der Waals surface area contributed by atoms with E-state index in [0.29, 0.717) is 25.1 Å². The first-order valence-corrected chi connectivity index (χ1v) is 7.92. The van der Waals surface area contributed by atoms with Crippen LogP contribution in [0.25, 0.3) is 11.3 Å². The smallest absolute Gasteiger partial charge is 0.287 e. The summed E-state index contributed by atoms with van der Waals surface area (Å²) >= 11 is 0. The molecule has 2 heterocycles. The number of carbonyl (C=O) groups is 2. The fourth-order valence-electron chi connectivity index (χ4n) is 2.63. The molecule has 1 fully saturated rings. The molecule has 1 aromatic heterocycles. The molecule has 0 radical (unpaired) electrons. The Balaban J connectivity index is 1.65. The number of hydrogen-bond acceptors (Lipinski definition) is 3. The number of aryl methyl sites for hydroxylation is 1. The van der Waals surface area contributed by atoms with Gasteiger partial charge in [-0.2, -0.15) is 0 Å². The Morgan fingerprint density at radius 2 is 2.04 bits per heavy atom. The molecular formula is C18H20N2O3. The van der Waals surface area contributed by atoms with Gasteiger partial charge in [-0.15, -0.1) is 0 Å². The van der Waals surface area contributed by atoms with Crippen LogP contribution < -0.4 is 10.6 Å². The zero-order chi connectivity index (χ0) is 16.2. The van der Waals surface area contributed by atoms with Crippen molar-refractivity contribution in [2.75, 3.05) is 6.54 Å². The molecule has 0 spiro atoms. The van der Waals surface area contributed by atoms with Gasteiger partial charge in [0.05, 0.1) is 0 Å². The third-order valence-electron chi connectivity index (χ3n) is 4.08. The first kappa shape index (κ1) is 15.3. The SMILES string of the molecule is CCc1ccc(-c2ccc(C(=O)N[C@@H]3CCC(=O)NC3)o2)cc1. The van der Waals surface area contributed by atoms with Crippen LogP contribution in [0.1, 0.15) is 35.9 Å². The van der Waals surface area contributed by atoms with E-state index >= 15 is 0 Å². The largest absolute Gasteiger partial charge is 0.451 e. The van der Waals surface area contributed by atoms with Crippen LogP contribution in [-0.4, -0.2) is 24.4 Å². The normalized spacial score (nSPS) is 17.6. The summed E-state index contributed by atoms with van der Waals surface area (Å²) < 4.78 is 5.67. The molecule has 3 rings (SSSR count). The molecule has 5 heteroatoms. The van der Waals surface area contributed by atoms with Crippen LogP contribution in [0.4, 0.5) is 0 Å². The Morgan fingerprint density at radius 3 is 2.70 bits per heavy atom. The van der Waals surface area contributed by atoms with Gasteiger partial charge in [-0.1, -0.05) is 31.2 Å². The number of hydrogen-bond donors (Lipinski definition) is 2. The van der Waals surface area contributed by atoms with Gasteiger partial charge in [0, 0.05) is 24.6 Å². The predicted octanol–water partition coefficient (Wildman–Crippen LogP) is 2.52. The highest BCUT2D eigenvalue weighted by Gasteiger charge is 2.21. The predicted molar refractivity (Wildman–Crippen MR) is 87.0 cm³/mol. The highest BCUT2D eigenvalue weighted by Crippen LogP contribution is 2.23. The summed E-state index contributed by atoms with van der Waals surface area (Å²) in [5.41, 5.74) is 2.21. The van der Waals surface area contributed by atoms with Crippen LogP contribution in [-0.2, 0) is 11.2 Å². The highest BCUT2D eigenvalue weighted by atomic mass is 16.3. The number of carbonyl (C=O) groups excluding carboxylic acids is 2. The van der Waals surface area contributed by atoms with E-state index in [1.165, 1.54) is 5.56 Å². The Morgan fingerprint density at radius 1 is 1.26 bits per heavy atom. The first-order chi connectivity index (χ1) is 11.2. The van der Waals surface area contributed by atoms with Gasteiger partial charge in [0.25, 0.3) is 5.91 Å². The molecule has 0 bridgehead atoms. The van der Waals surface area contributed by atoms with Crippen LogP contribution in [0.15, 0.2) is 40.8 Å². The number of piperidine rings is 1. The van der Waals surface area contributed by atoms with E-state index in [1.54, 1.807) is 12.1 Å². The van der Waals surface area contributed by atoms with Gasteiger partial charge >= 0.3 is 0 Å². The highest BCUT2D eigenvalue weighted by molar-refractivity contribution is 5.92. The number of nitrogens with one attached hydrogen (secondary N) is 2. The number of amides is 2. The minimum atomic E-state index is -0.248. The third-order valence-corrected chi connectivity index (χ3v) is 4.08. The van der Waals surface area contributed by atoms with Gasteiger partial charge < -0.3 is 15.1 Å². The van der Waals surface area contributed by atoms with E-state index in [1.807, 2.05) is 12.1 Å². The van der Waals surface area contributed by atoms with Gasteiger partial charge in [0.2, 0.25) is 5.91 Å². The molecule has 1 aromatic carbocycles. The summed E-state index contributed by atoms with van der Waals surface area (Å²) in [6.07, 6.45) is 2.09. The lowest BCUT2D eigenvalue weighted by Gasteiger charge is -2.22. The molecule has 0 unspecified atom stereocenters. The third kappa shape index (κ3) is 3.62. The minimum Gasteiger partial charge on any atom is -0.451 e. The lowest BCUT2D eigenvalue weighted by atomic mass is 10.1. The summed E-state index contributed by atoms with van der Waals surface area (Å²) in [6.45, 7) is 2.58. The van der Waals surface area contributed by atoms with Crippen LogP contribution in [0.5, 0.6) is 0 Å². The monoisotopic (exact) mass is 312 g/mol. The Bertz CT molecular complexity index is 693. The van der Waals surface area contributed by atoms with Gasteiger partial charge in [0.15, 0.2) is 5.76 Å². The maximum Gasteiger partial charge on any atom is 0.287 e. The van der Waals surface area contributed by atoms with Crippen molar-refractivity contribution in [1.82, 2.24) is 10.6 Å². The fourth-order valence-corrected chi connectivity index (χ4v) is 2.63. The van der Waals surface area contributed by atoms with E-state index in [0.717, 1.165) is 12.0 Å². The second-order valence-corrected chi connectivity index (χ2v) is 5.73. The van der Waals surface area contributed by atoms with Gasteiger partial charge in [-0.25, -0.2) is 0 Å². The van der Waals surface area contributed by atoms with Crippen molar-refractivity contribution in [2.45, 2.75) is 32.2 Å². The summed E-state index contributed by atoms with van der Waals surface area (Å²) in [7, 11) is 0. The van der Waals surface area contributed by atoms with E-state index in [2.05, 4.69) is 29.7 Å². The molecule has 120 valence electrons. The summed E-state index contributed by atoms with van der Waals surface area (Å²) in [6, 6.07) is 11.5. The second kappa shape index (κ2) is 6.69. The fraction of sp³-hybridized carbons (Fsp3) is 0.333. The quantitative estimate of drug-likeness (QED) is 0.911. The number of rotatable bonds is 4. The molecule has 2 amide bonds. The van der Waals surface area contributed by atoms with Gasteiger partial charge in [0.1, 0.15) is 5.76 Å². The lowest BCUT2D eigenvalue weighted by Crippen LogP contribution is -2.47. The molecule has 1 saturated heterocycles. The zero-order valence-corrected chi connectivity index (χ0v) is 13.1. The number of furan rings is 1. The molecule has 2 N–H and O–H groups in total. The van der Waals surface area contributed by atoms with Crippen LogP contribution in [0, 0.1) is 0 Å². The topological polar surface area (TPSA) is 71.3 Å². The van der Waals surface area contributed by atoms with Crippen molar-refractivity contribution < 1.29 is 14.0 Å². The van der Waals surface area contributed by atoms with Crippen molar-refractivity contribution in [3.63, 3.8) is 0 Å². The maximum atomic E-state index is 12.2. The van der Waals surface area contributed by atoms with E-state index in [-0.39, 0.29) is 23.6 Å². The molecule has 0 aliphatic carbocycles. The molecule has 1 atom stereocenters. The van der Waals surface area contributed by atoms with Crippen LogP contribution in [0.3, 0.4) is 0 Å². The molecule has 1 aliphatic heterocycles. The molecule has 0 saturated carbocycles. The van der Waals surface area contributed by atoms with Gasteiger partial charge in [-0.3, -0.25) is 9.59 Å². The average molecular weight is 312 g/mol. The molecule has 5 nitrogen and oxygen atoms in total. The molecular weight excluding hydrogens is 292 g/mol. The van der Waals surface area contributed by atoms with Crippen molar-refractivity contribution in [3.8, 4) is 11.3 Å².